The van der Waals surface area contributed by atoms with E-state index in [4.69, 9.17) is 4.99 Å². The summed E-state index contributed by atoms with van der Waals surface area (Å²) in [4.78, 5) is 7.09. The van der Waals surface area contributed by atoms with Crippen molar-refractivity contribution >= 4 is 16.9 Å². The van der Waals surface area contributed by atoms with Gasteiger partial charge in [0.25, 0.3) is 0 Å². The number of hydrogen-bond acceptors (Lipinski definition) is 3. The topological polar surface area (TPSA) is 27.6 Å². The zero-order chi connectivity index (χ0) is 14.5. The molecule has 0 spiro atoms. The lowest BCUT2D eigenvalue weighted by Gasteiger charge is -2.35. The lowest BCUT2D eigenvalue weighted by molar-refractivity contribution is 0.272. The molecule has 0 aromatic heterocycles. The third kappa shape index (κ3) is 6.17. The minimum absolute atomic E-state index is 0.319. The molecule has 1 heterocycles. The van der Waals surface area contributed by atoms with Gasteiger partial charge in [-0.15, -0.1) is 0 Å². The highest BCUT2D eigenvalue weighted by Gasteiger charge is 2.28. The van der Waals surface area contributed by atoms with Gasteiger partial charge in [0.15, 0.2) is 5.17 Å². The van der Waals surface area contributed by atoms with Gasteiger partial charge >= 0.3 is 0 Å². The third-order valence-corrected chi connectivity index (χ3v) is 4.75. The van der Waals surface area contributed by atoms with Gasteiger partial charge in [0.2, 0.25) is 0 Å². The molecule has 0 radical (unpaired) electrons. The Labute approximate surface area is 123 Å². The number of rotatable bonds is 5. The molecule has 0 saturated carbocycles. The molecule has 0 aliphatic carbocycles. The smallest absolute Gasteiger partial charge is 0.156 e. The predicted molar refractivity (Wildman–Crippen MR) is 88.1 cm³/mol. The zero-order valence-electron chi connectivity index (χ0n) is 13.5. The molecule has 0 bridgehead atoms. The largest absolute Gasteiger partial charge is 0.362 e. The Bertz CT molecular complexity index is 294. The molecular weight excluding hydrogens is 254 g/mol. The molecule has 0 aromatic rings. The van der Waals surface area contributed by atoms with Gasteiger partial charge in [-0.25, -0.2) is 0 Å². The Hall–Kier alpha value is -0.220. The number of thioether (sulfide) groups is 1. The molecule has 1 N–H and O–H groups in total. The van der Waals surface area contributed by atoms with Gasteiger partial charge in [0.05, 0.1) is 0 Å². The molecule has 3 nitrogen and oxygen atoms in total. The monoisotopic (exact) mass is 285 g/mol. The van der Waals surface area contributed by atoms with Crippen molar-refractivity contribution in [3.63, 3.8) is 0 Å². The molecule has 1 rings (SSSR count). The van der Waals surface area contributed by atoms with Crippen LogP contribution in [-0.2, 0) is 0 Å². The fourth-order valence-corrected chi connectivity index (χ4v) is 2.99. The minimum Gasteiger partial charge on any atom is -0.362 e. The molecule has 1 atom stereocenters. The van der Waals surface area contributed by atoms with E-state index in [1.165, 1.54) is 12.2 Å². The highest BCUT2D eigenvalue weighted by atomic mass is 32.2. The molecule has 19 heavy (non-hydrogen) atoms. The lowest BCUT2D eigenvalue weighted by atomic mass is 9.85. The minimum atomic E-state index is 0.319. The molecule has 1 aliphatic heterocycles. The molecule has 112 valence electrons. The maximum atomic E-state index is 4.72. The Balaban J connectivity index is 2.33. The van der Waals surface area contributed by atoms with Crippen LogP contribution in [0.25, 0.3) is 0 Å². The van der Waals surface area contributed by atoms with Crippen LogP contribution >= 0.6 is 11.8 Å². The summed E-state index contributed by atoms with van der Waals surface area (Å²) in [6.45, 7) is 13.4. The number of nitrogens with zero attached hydrogens (tertiary/aromatic N) is 2. The normalized spacial score (nSPS) is 23.2. The first-order chi connectivity index (χ1) is 8.80. The maximum Gasteiger partial charge on any atom is 0.156 e. The van der Waals surface area contributed by atoms with E-state index in [1.54, 1.807) is 0 Å². The average Bonchev–Trinajstić information content (AvgIpc) is 2.33. The fourth-order valence-electron chi connectivity index (χ4n) is 2.04. The summed E-state index contributed by atoms with van der Waals surface area (Å²) in [5.41, 5.74) is 0.319. The highest BCUT2D eigenvalue weighted by molar-refractivity contribution is 8.13. The van der Waals surface area contributed by atoms with Crippen molar-refractivity contribution in [2.75, 3.05) is 25.9 Å². The van der Waals surface area contributed by atoms with E-state index in [0.717, 1.165) is 24.7 Å². The van der Waals surface area contributed by atoms with E-state index < -0.39 is 0 Å². The van der Waals surface area contributed by atoms with Crippen LogP contribution in [0.3, 0.4) is 0 Å². The number of aliphatic imine (C=N–C) groups is 1. The van der Waals surface area contributed by atoms with Gasteiger partial charge in [-0.05, 0) is 45.7 Å². The predicted octanol–water partition coefficient (Wildman–Crippen LogP) is 3.21. The Morgan fingerprint density at radius 1 is 1.42 bits per heavy atom. The van der Waals surface area contributed by atoms with Gasteiger partial charge in [0.1, 0.15) is 0 Å². The van der Waals surface area contributed by atoms with Crippen molar-refractivity contribution in [3.05, 3.63) is 0 Å². The first kappa shape index (κ1) is 16.8. The molecule has 1 unspecified atom stereocenters. The molecule has 1 fully saturated rings. The lowest BCUT2D eigenvalue weighted by Crippen LogP contribution is -2.46. The van der Waals surface area contributed by atoms with Gasteiger partial charge in [-0.1, -0.05) is 32.5 Å². The second-order valence-corrected chi connectivity index (χ2v) is 7.90. The number of hydrogen-bond donors (Lipinski definition) is 1. The van der Waals surface area contributed by atoms with Gasteiger partial charge in [-0.3, -0.25) is 4.99 Å². The van der Waals surface area contributed by atoms with Crippen LogP contribution < -0.4 is 5.32 Å². The molecular formula is C15H31N3S. The van der Waals surface area contributed by atoms with Crippen LogP contribution in [-0.4, -0.2) is 48.0 Å². The van der Waals surface area contributed by atoms with Crippen molar-refractivity contribution in [2.45, 2.75) is 59.5 Å². The summed E-state index contributed by atoms with van der Waals surface area (Å²) in [7, 11) is 2.18. The van der Waals surface area contributed by atoms with Crippen LogP contribution in [0.15, 0.2) is 4.99 Å². The average molecular weight is 286 g/mol. The van der Waals surface area contributed by atoms with E-state index in [-0.39, 0.29) is 0 Å². The van der Waals surface area contributed by atoms with E-state index in [2.05, 4.69) is 51.9 Å². The molecule has 4 heteroatoms. The number of amidine groups is 1. The Morgan fingerprint density at radius 3 is 2.68 bits per heavy atom. The van der Waals surface area contributed by atoms with Crippen LogP contribution in [0.4, 0.5) is 0 Å². The molecule has 1 aliphatic rings. The summed E-state index contributed by atoms with van der Waals surface area (Å²) in [6.07, 6.45) is 2.38. The summed E-state index contributed by atoms with van der Waals surface area (Å²) >= 11 is 1.87. The number of nitrogens with one attached hydrogen (secondary N) is 1. The summed E-state index contributed by atoms with van der Waals surface area (Å²) in [5, 5.41) is 4.75. The fraction of sp³-hybridized carbons (Fsp3) is 0.933. The van der Waals surface area contributed by atoms with E-state index in [9.17, 15) is 0 Å². The molecule has 0 amide bonds. The van der Waals surface area contributed by atoms with Crippen LogP contribution in [0.1, 0.15) is 47.5 Å². The Kier molecular flexibility index (Phi) is 6.67. The van der Waals surface area contributed by atoms with E-state index >= 15 is 0 Å². The van der Waals surface area contributed by atoms with Crippen molar-refractivity contribution in [1.82, 2.24) is 10.2 Å². The summed E-state index contributed by atoms with van der Waals surface area (Å²) in [6, 6.07) is 1.19. The van der Waals surface area contributed by atoms with Crippen LogP contribution in [0.5, 0.6) is 0 Å². The van der Waals surface area contributed by atoms with Gasteiger partial charge < -0.3 is 10.2 Å². The van der Waals surface area contributed by atoms with Crippen molar-refractivity contribution < 1.29 is 0 Å². The van der Waals surface area contributed by atoms with Gasteiger partial charge in [-0.2, -0.15) is 0 Å². The van der Waals surface area contributed by atoms with Crippen LogP contribution in [0, 0.1) is 5.41 Å². The quantitative estimate of drug-likeness (QED) is 0.786. The molecule has 1 saturated heterocycles. The summed E-state index contributed by atoms with van der Waals surface area (Å²) in [5.74, 6) is 1.19. The first-order valence-electron chi connectivity index (χ1n) is 7.44. The van der Waals surface area contributed by atoms with Crippen molar-refractivity contribution in [1.29, 1.82) is 0 Å². The van der Waals surface area contributed by atoms with Gasteiger partial charge in [0, 0.05) is 24.4 Å². The van der Waals surface area contributed by atoms with E-state index in [0.29, 0.717) is 17.5 Å². The zero-order valence-corrected chi connectivity index (χ0v) is 14.3. The highest BCUT2D eigenvalue weighted by Crippen LogP contribution is 2.27. The summed E-state index contributed by atoms with van der Waals surface area (Å²) < 4.78 is 0. The van der Waals surface area contributed by atoms with Crippen molar-refractivity contribution in [2.24, 2.45) is 10.4 Å². The third-order valence-electron chi connectivity index (χ3n) is 3.79. The standard InChI is InChI=1S/C15H31N3S/c1-12(2)18(6)10-7-9-16-14-17-13(8-11-19-14)15(3,4)5/h12-13H,7-11H2,1-6H3,(H,16,17). The molecule has 0 aromatic carbocycles. The Morgan fingerprint density at radius 2 is 2.11 bits per heavy atom. The second-order valence-electron chi connectivity index (χ2n) is 6.81. The SMILES string of the molecule is CC(C)N(C)CCCN=C1NC(C(C)(C)C)CCS1. The maximum absolute atomic E-state index is 4.72. The van der Waals surface area contributed by atoms with Crippen molar-refractivity contribution in [3.8, 4) is 0 Å². The first-order valence-corrected chi connectivity index (χ1v) is 8.43. The second kappa shape index (κ2) is 7.53. The van der Waals surface area contributed by atoms with Crippen LogP contribution in [0.2, 0.25) is 0 Å². The van der Waals surface area contributed by atoms with E-state index in [1.807, 2.05) is 11.8 Å².